The maximum absolute atomic E-state index is 5.35. The van der Waals surface area contributed by atoms with Crippen LogP contribution in [0.5, 0.6) is 0 Å². The number of pyridine rings is 2. The lowest BCUT2D eigenvalue weighted by Crippen LogP contribution is -1.94. The molecule has 7 aromatic carbocycles. The molecule has 6 aromatic heterocycles. The van der Waals surface area contributed by atoms with Crippen LogP contribution in [0.1, 0.15) is 0 Å². The van der Waals surface area contributed by atoms with Gasteiger partial charge in [0.2, 0.25) is 0 Å². The van der Waals surface area contributed by atoms with Crippen molar-refractivity contribution in [3.05, 3.63) is 189 Å². The van der Waals surface area contributed by atoms with Crippen LogP contribution in [0.15, 0.2) is 193 Å². The Morgan fingerprint density at radius 2 is 0.968 bits per heavy atom. The molecule has 0 N–H and O–H groups in total. The number of rotatable bonds is 6. The number of benzene rings is 7. The van der Waals surface area contributed by atoms with Gasteiger partial charge in [0.1, 0.15) is 11.4 Å². The summed E-state index contributed by atoms with van der Waals surface area (Å²) >= 11 is 3.67. The zero-order valence-electron chi connectivity index (χ0n) is 32.9. The van der Waals surface area contributed by atoms with Gasteiger partial charge in [0.05, 0.1) is 11.0 Å². The molecule has 0 spiro atoms. The maximum Gasteiger partial charge on any atom is 0.143 e. The molecule has 13 aromatic rings. The maximum atomic E-state index is 5.35. The van der Waals surface area contributed by atoms with E-state index in [1.165, 1.54) is 45.9 Å². The van der Waals surface area contributed by atoms with Crippen LogP contribution in [-0.4, -0.2) is 24.8 Å². The number of hydrogen-bond acceptors (Lipinski definition) is 7. The number of aromatic nitrogens is 5. The van der Waals surface area contributed by atoms with E-state index in [-0.39, 0.29) is 0 Å². The number of thiophene rings is 2. The molecule has 0 aliphatic heterocycles. The van der Waals surface area contributed by atoms with E-state index in [4.69, 9.17) is 4.63 Å². The van der Waals surface area contributed by atoms with Crippen LogP contribution in [0.25, 0.3) is 124 Å². The van der Waals surface area contributed by atoms with Gasteiger partial charge in [-0.15, -0.1) is 22.7 Å². The highest BCUT2D eigenvalue weighted by atomic mass is 32.1. The van der Waals surface area contributed by atoms with E-state index in [2.05, 4.69) is 158 Å². The van der Waals surface area contributed by atoms with E-state index >= 15 is 0 Å². The molecule has 0 aliphatic rings. The molecule has 290 valence electrons. The fourth-order valence-corrected chi connectivity index (χ4v) is 11.6. The Morgan fingerprint density at radius 1 is 0.387 bits per heavy atom. The largest absolute Gasteiger partial charge is 0.309 e. The zero-order valence-corrected chi connectivity index (χ0v) is 34.5. The number of para-hydroxylation sites is 1. The molecule has 8 heteroatoms. The summed E-state index contributed by atoms with van der Waals surface area (Å²) in [6.45, 7) is 0. The zero-order chi connectivity index (χ0) is 40.7. The minimum atomic E-state index is 0.713. The second kappa shape index (κ2) is 13.9. The summed E-state index contributed by atoms with van der Waals surface area (Å²) in [6, 6.07) is 58.8. The van der Waals surface area contributed by atoms with Crippen molar-refractivity contribution >= 4 is 84.8 Å². The Bertz CT molecular complexity index is 3840. The van der Waals surface area contributed by atoms with Gasteiger partial charge in [-0.3, -0.25) is 9.97 Å². The molecule has 0 radical (unpaired) electrons. The molecule has 0 bridgehead atoms. The van der Waals surface area contributed by atoms with Crippen LogP contribution in [0.4, 0.5) is 0 Å². The highest BCUT2D eigenvalue weighted by Crippen LogP contribution is 2.47. The van der Waals surface area contributed by atoms with E-state index in [0.717, 1.165) is 72.1 Å². The molecule has 62 heavy (non-hydrogen) atoms. The molecule has 0 saturated heterocycles. The number of fused-ring (bicyclic) bond motifs is 9. The van der Waals surface area contributed by atoms with Gasteiger partial charge in [-0.05, 0) is 99.3 Å². The molecule has 0 fully saturated rings. The first-order valence-electron chi connectivity index (χ1n) is 20.4. The van der Waals surface area contributed by atoms with Crippen molar-refractivity contribution in [2.45, 2.75) is 0 Å². The summed E-state index contributed by atoms with van der Waals surface area (Å²) in [5.41, 5.74) is 13.6. The monoisotopic (exact) mass is 829 g/mol. The lowest BCUT2D eigenvalue weighted by atomic mass is 9.92. The lowest BCUT2D eigenvalue weighted by Gasteiger charge is -2.14. The van der Waals surface area contributed by atoms with Crippen molar-refractivity contribution in [3.8, 4) is 61.6 Å². The van der Waals surface area contributed by atoms with Crippen LogP contribution in [0.3, 0.4) is 0 Å². The predicted octanol–water partition coefficient (Wildman–Crippen LogP) is 15.0. The molecule has 0 aliphatic carbocycles. The fraction of sp³-hybridized carbons (Fsp3) is 0. The van der Waals surface area contributed by atoms with Crippen LogP contribution in [0, 0.1) is 0 Å². The molecule has 0 atom stereocenters. The van der Waals surface area contributed by atoms with E-state index in [9.17, 15) is 0 Å². The Labute approximate surface area is 362 Å². The third-order valence-corrected chi connectivity index (χ3v) is 14.5. The van der Waals surface area contributed by atoms with Crippen molar-refractivity contribution < 1.29 is 4.63 Å². The normalized spacial score (nSPS) is 11.9. The van der Waals surface area contributed by atoms with E-state index in [0.29, 0.717) is 5.69 Å². The third kappa shape index (κ3) is 5.47. The quantitative estimate of drug-likeness (QED) is 0.167. The van der Waals surface area contributed by atoms with Gasteiger partial charge in [-0.1, -0.05) is 97.1 Å². The summed E-state index contributed by atoms with van der Waals surface area (Å²) in [6.07, 6.45) is 7.74. The van der Waals surface area contributed by atoms with Gasteiger partial charge in [-0.2, -0.15) is 0 Å². The first-order chi connectivity index (χ1) is 30.7. The molecule has 0 amide bonds. The van der Waals surface area contributed by atoms with Crippen molar-refractivity contribution in [1.82, 2.24) is 24.8 Å². The van der Waals surface area contributed by atoms with E-state index < -0.39 is 0 Å². The second-order valence-electron chi connectivity index (χ2n) is 15.6. The second-order valence-corrected chi connectivity index (χ2v) is 17.7. The Kier molecular flexibility index (Phi) is 7.85. The average molecular weight is 830 g/mol. The lowest BCUT2D eigenvalue weighted by molar-refractivity contribution is 0.310. The average Bonchev–Trinajstić information content (AvgIpc) is 4.14. The number of nitrogens with zero attached hydrogens (tertiary/aromatic N) is 5. The first kappa shape index (κ1) is 35.0. The third-order valence-electron chi connectivity index (χ3n) is 12.1. The van der Waals surface area contributed by atoms with Gasteiger partial charge in [-0.25, -0.2) is 4.63 Å². The van der Waals surface area contributed by atoms with Crippen LogP contribution in [0.2, 0.25) is 0 Å². The standard InChI is InChI=1S/C54H31N5OS2/c1-2-10-32(11-3-1)51-52(58-60-57-51)35-14-8-12-33(24-35)41-26-37(29-44-46-31-56-23-21-50(46)62-54(41)44)36-27-42(53-43(28-36)40-17-5-7-19-49(40)61-53)34-13-9-15-38(25-34)59-47-18-6-4-16-39(47)45-30-55-22-20-48(45)59/h1-31H. The van der Waals surface area contributed by atoms with Crippen LogP contribution < -0.4 is 0 Å². The van der Waals surface area contributed by atoms with Gasteiger partial charge in [0.15, 0.2) is 0 Å². The molecule has 0 saturated carbocycles. The highest BCUT2D eigenvalue weighted by Gasteiger charge is 2.20. The van der Waals surface area contributed by atoms with Gasteiger partial charge < -0.3 is 4.57 Å². The van der Waals surface area contributed by atoms with Gasteiger partial charge in [0, 0.05) is 104 Å². The Morgan fingerprint density at radius 3 is 1.77 bits per heavy atom. The molecular weight excluding hydrogens is 799 g/mol. The van der Waals surface area contributed by atoms with E-state index in [1.807, 2.05) is 66.5 Å². The van der Waals surface area contributed by atoms with Crippen molar-refractivity contribution in [3.63, 3.8) is 0 Å². The molecule has 0 unspecified atom stereocenters. The number of hydrogen-bond donors (Lipinski definition) is 0. The Balaban J connectivity index is 1.03. The van der Waals surface area contributed by atoms with Crippen LogP contribution in [-0.2, 0) is 0 Å². The summed E-state index contributed by atoms with van der Waals surface area (Å²) in [5, 5.41) is 15.9. The highest BCUT2D eigenvalue weighted by molar-refractivity contribution is 7.26. The van der Waals surface area contributed by atoms with Gasteiger partial charge >= 0.3 is 0 Å². The Hall–Kier alpha value is -7.78. The van der Waals surface area contributed by atoms with Gasteiger partial charge in [0.25, 0.3) is 0 Å². The minimum absolute atomic E-state index is 0.713. The topological polar surface area (TPSA) is 69.6 Å². The first-order valence-corrected chi connectivity index (χ1v) is 22.1. The summed E-state index contributed by atoms with van der Waals surface area (Å²) in [4.78, 5) is 9.09. The summed E-state index contributed by atoms with van der Waals surface area (Å²) < 4.78 is 12.7. The smallest absolute Gasteiger partial charge is 0.143 e. The minimum Gasteiger partial charge on any atom is -0.309 e. The predicted molar refractivity (Wildman–Crippen MR) is 257 cm³/mol. The molecular formula is C54H31N5OS2. The van der Waals surface area contributed by atoms with E-state index in [1.54, 1.807) is 11.3 Å². The van der Waals surface area contributed by atoms with Crippen molar-refractivity contribution in [2.75, 3.05) is 0 Å². The fourth-order valence-electron chi connectivity index (χ4n) is 9.21. The van der Waals surface area contributed by atoms with Crippen LogP contribution >= 0.6 is 22.7 Å². The summed E-state index contributed by atoms with van der Waals surface area (Å²) in [7, 11) is 0. The molecule has 6 heterocycles. The molecule has 13 rings (SSSR count). The van der Waals surface area contributed by atoms with Crippen molar-refractivity contribution in [1.29, 1.82) is 0 Å². The van der Waals surface area contributed by atoms with Crippen molar-refractivity contribution in [2.24, 2.45) is 0 Å². The molecule has 6 nitrogen and oxygen atoms in total. The SMILES string of the molecule is c1ccc(-c2nonc2-c2cccc(-c3cc(-c4cc(-c5cccc(-n6c7ccccc7c7cnccc76)c5)c5sc6ccccc6c5c4)cc4c3sc3ccncc34)c2)cc1. The summed E-state index contributed by atoms with van der Waals surface area (Å²) in [5.74, 6) is 0.